The van der Waals surface area contributed by atoms with Gasteiger partial charge in [-0.05, 0) is 38.5 Å². The molecule has 0 radical (unpaired) electrons. The third kappa shape index (κ3) is 4.85. The van der Waals surface area contributed by atoms with E-state index in [-0.39, 0.29) is 0 Å². The van der Waals surface area contributed by atoms with Crippen molar-refractivity contribution in [1.29, 1.82) is 0 Å². The normalized spacial score (nSPS) is 22.1. The van der Waals surface area contributed by atoms with Crippen LogP contribution in [0.25, 0.3) is 20.8 Å². The van der Waals surface area contributed by atoms with Gasteiger partial charge >= 0.3 is 0 Å². The van der Waals surface area contributed by atoms with Crippen molar-refractivity contribution in [3.63, 3.8) is 0 Å². The first kappa shape index (κ1) is 24.4. The van der Waals surface area contributed by atoms with Crippen molar-refractivity contribution in [2.45, 2.75) is 44.1 Å². The number of pyridine rings is 2. The molecule has 0 amide bonds. The van der Waals surface area contributed by atoms with E-state index >= 15 is 0 Å². The summed E-state index contributed by atoms with van der Waals surface area (Å²) in [4.78, 5) is 13.5. The molecule has 36 heavy (non-hydrogen) atoms. The van der Waals surface area contributed by atoms with Crippen LogP contribution in [0.5, 0.6) is 5.88 Å². The number of para-hydroxylation sites is 1. The zero-order valence-electron chi connectivity index (χ0n) is 20.2. The van der Waals surface area contributed by atoms with Crippen molar-refractivity contribution in [2.75, 3.05) is 17.7 Å². The molecule has 5 rings (SSSR count). The monoisotopic (exact) mass is 507 g/mol. The maximum Gasteiger partial charge on any atom is 0.214 e. The first-order valence-corrected chi connectivity index (χ1v) is 12.5. The van der Waals surface area contributed by atoms with Crippen LogP contribution in [-0.2, 0) is 0 Å². The number of rotatable bonds is 7. The minimum atomic E-state index is -1.13. The zero-order valence-corrected chi connectivity index (χ0v) is 21.0. The maximum absolute atomic E-state index is 10.8. The van der Waals surface area contributed by atoms with E-state index in [9.17, 15) is 15.3 Å². The molecule has 0 bridgehead atoms. The zero-order chi connectivity index (χ0) is 25.4. The predicted octanol–water partition coefficient (Wildman–Crippen LogP) is 3.80. The number of nitrogens with one attached hydrogen (secondary N) is 2. The van der Waals surface area contributed by atoms with E-state index in [0.717, 1.165) is 26.5 Å². The van der Waals surface area contributed by atoms with Crippen molar-refractivity contribution in [1.82, 2.24) is 15.0 Å². The molecule has 188 valence electrons. The third-order valence-electron chi connectivity index (χ3n) is 6.58. The summed E-state index contributed by atoms with van der Waals surface area (Å²) >= 11 is 1.56. The van der Waals surface area contributed by atoms with Crippen LogP contribution in [0.2, 0.25) is 0 Å². The fourth-order valence-corrected chi connectivity index (χ4v) is 5.62. The van der Waals surface area contributed by atoms with E-state index in [1.165, 1.54) is 0 Å². The second-order valence-corrected chi connectivity index (χ2v) is 10.6. The second-order valence-electron chi connectivity index (χ2n) is 9.54. The summed E-state index contributed by atoms with van der Waals surface area (Å²) in [5.41, 5.74) is 2.01. The van der Waals surface area contributed by atoms with Crippen LogP contribution < -0.4 is 15.4 Å². The van der Waals surface area contributed by atoms with Gasteiger partial charge in [-0.25, -0.2) is 15.0 Å². The molecule has 1 fully saturated rings. The standard InChI is InChI=1S/C26H29N5O4S/c1-26(2,34)16-11-19(24(33)23(16)32)30-18-12-21(29-14-8-9-27-22(10-14)35-3)28-13-15(18)25-31-17-6-4-5-7-20(17)36-25/h4-10,12-13,16,19,23-24,32-34H,11H2,1-3H3,(H2,27,28,29,30)/t16-,19?,23+,24-/m0/s1. The summed E-state index contributed by atoms with van der Waals surface area (Å²) in [6.07, 6.45) is 1.70. The van der Waals surface area contributed by atoms with Crippen molar-refractivity contribution in [3.05, 3.63) is 54.9 Å². The highest BCUT2D eigenvalue weighted by Gasteiger charge is 2.47. The first-order valence-electron chi connectivity index (χ1n) is 11.7. The molecule has 0 saturated heterocycles. The fourth-order valence-electron chi connectivity index (χ4n) is 4.63. The molecule has 1 saturated carbocycles. The lowest BCUT2D eigenvalue weighted by Gasteiger charge is -2.28. The minimum absolute atomic E-state index is 0.401. The van der Waals surface area contributed by atoms with E-state index in [1.807, 2.05) is 36.4 Å². The van der Waals surface area contributed by atoms with E-state index in [4.69, 9.17) is 9.72 Å². The second kappa shape index (κ2) is 9.62. The molecule has 0 aliphatic heterocycles. The van der Waals surface area contributed by atoms with Gasteiger partial charge in [-0.1, -0.05) is 12.1 Å². The topological polar surface area (TPSA) is 133 Å². The van der Waals surface area contributed by atoms with E-state index in [1.54, 1.807) is 50.8 Å². The highest BCUT2D eigenvalue weighted by molar-refractivity contribution is 7.21. The van der Waals surface area contributed by atoms with Crippen LogP contribution in [0.3, 0.4) is 0 Å². The molecule has 1 unspecified atom stereocenters. The smallest absolute Gasteiger partial charge is 0.214 e. The molecule has 4 aromatic rings. The average Bonchev–Trinajstić information content (AvgIpc) is 3.41. The van der Waals surface area contributed by atoms with Gasteiger partial charge in [0.1, 0.15) is 16.9 Å². The number of thiazole rings is 1. The molecule has 3 heterocycles. The molecule has 0 spiro atoms. The predicted molar refractivity (Wildman–Crippen MR) is 141 cm³/mol. The Hall–Kier alpha value is -3.31. The largest absolute Gasteiger partial charge is 0.481 e. The fraction of sp³-hybridized carbons (Fsp3) is 0.346. The van der Waals surface area contributed by atoms with E-state index in [2.05, 4.69) is 20.6 Å². The maximum atomic E-state index is 10.8. The Morgan fingerprint density at radius 3 is 2.61 bits per heavy atom. The molecule has 1 aromatic carbocycles. The van der Waals surface area contributed by atoms with E-state index < -0.39 is 29.8 Å². The number of anilines is 3. The van der Waals surface area contributed by atoms with Crippen LogP contribution in [-0.4, -0.2) is 61.2 Å². The Bertz CT molecular complexity index is 1340. The lowest BCUT2D eigenvalue weighted by atomic mass is 9.88. The van der Waals surface area contributed by atoms with Crippen LogP contribution in [0.15, 0.2) is 54.9 Å². The molecule has 9 nitrogen and oxygen atoms in total. The number of hydrogen-bond acceptors (Lipinski definition) is 10. The van der Waals surface area contributed by atoms with Gasteiger partial charge in [0.2, 0.25) is 5.88 Å². The Morgan fingerprint density at radius 1 is 1.08 bits per heavy atom. The van der Waals surface area contributed by atoms with Crippen LogP contribution >= 0.6 is 11.3 Å². The van der Waals surface area contributed by atoms with Gasteiger partial charge in [-0.2, -0.15) is 0 Å². The number of methoxy groups -OCH3 is 1. The summed E-state index contributed by atoms with van der Waals surface area (Å²) in [5.74, 6) is 0.576. The summed E-state index contributed by atoms with van der Waals surface area (Å²) in [6, 6.07) is 12.9. The lowest BCUT2D eigenvalue weighted by Crippen LogP contribution is -2.40. The average molecular weight is 508 g/mol. The molecule has 1 aliphatic carbocycles. The number of benzene rings is 1. The van der Waals surface area contributed by atoms with Crippen molar-refractivity contribution in [3.8, 4) is 16.5 Å². The summed E-state index contributed by atoms with van der Waals surface area (Å²) < 4.78 is 6.27. The quantitative estimate of drug-likeness (QED) is 0.253. The third-order valence-corrected chi connectivity index (χ3v) is 7.64. The summed E-state index contributed by atoms with van der Waals surface area (Å²) in [7, 11) is 1.56. The summed E-state index contributed by atoms with van der Waals surface area (Å²) in [6.45, 7) is 3.31. The molecule has 4 atom stereocenters. The summed E-state index contributed by atoms with van der Waals surface area (Å²) in [5, 5.41) is 39.4. The molecule has 1 aliphatic rings. The lowest BCUT2D eigenvalue weighted by molar-refractivity contribution is -0.0601. The Labute approximate surface area is 212 Å². The Kier molecular flexibility index (Phi) is 6.52. The van der Waals surface area contributed by atoms with Gasteiger partial charge in [-0.3, -0.25) is 0 Å². The van der Waals surface area contributed by atoms with Gasteiger partial charge < -0.3 is 30.7 Å². The molecular weight excluding hydrogens is 478 g/mol. The Morgan fingerprint density at radius 2 is 1.89 bits per heavy atom. The van der Waals surface area contributed by atoms with E-state index in [0.29, 0.717) is 23.8 Å². The highest BCUT2D eigenvalue weighted by atomic mass is 32.1. The number of hydrogen-bond donors (Lipinski definition) is 5. The molecule has 3 aromatic heterocycles. The van der Waals surface area contributed by atoms with Crippen LogP contribution in [0.1, 0.15) is 20.3 Å². The number of aliphatic hydroxyl groups is 3. The van der Waals surface area contributed by atoms with Gasteiger partial charge in [0, 0.05) is 41.8 Å². The van der Waals surface area contributed by atoms with Crippen LogP contribution in [0.4, 0.5) is 17.2 Å². The molecule has 5 N–H and O–H groups in total. The van der Waals surface area contributed by atoms with Gasteiger partial charge in [0.05, 0.1) is 40.6 Å². The van der Waals surface area contributed by atoms with Crippen molar-refractivity contribution >= 4 is 38.7 Å². The van der Waals surface area contributed by atoms with Gasteiger partial charge in [0.25, 0.3) is 0 Å². The number of aromatic nitrogens is 3. The SMILES string of the molecule is COc1cc(Nc2cc(NC3C[C@H](C(C)(C)O)[C@@H](O)[C@H]3O)c(-c3nc4ccccc4s3)cn2)ccn1. The molecular formula is C26H29N5O4S. The highest BCUT2D eigenvalue weighted by Crippen LogP contribution is 2.40. The number of fused-ring (bicyclic) bond motifs is 1. The number of nitrogens with zero attached hydrogens (tertiary/aromatic N) is 3. The van der Waals surface area contributed by atoms with Gasteiger partial charge in [-0.15, -0.1) is 11.3 Å². The van der Waals surface area contributed by atoms with Crippen molar-refractivity contribution < 1.29 is 20.1 Å². The first-order chi connectivity index (χ1) is 17.2. The van der Waals surface area contributed by atoms with Crippen molar-refractivity contribution in [2.24, 2.45) is 5.92 Å². The number of ether oxygens (including phenoxy) is 1. The number of aliphatic hydroxyl groups excluding tert-OH is 2. The minimum Gasteiger partial charge on any atom is -0.481 e. The van der Waals surface area contributed by atoms with Crippen LogP contribution in [0, 0.1) is 5.92 Å². The Balaban J connectivity index is 1.51. The van der Waals surface area contributed by atoms with Gasteiger partial charge in [0.15, 0.2) is 0 Å². The molecule has 10 heteroatoms.